The van der Waals surface area contributed by atoms with Crippen LogP contribution in [0.1, 0.15) is 19.7 Å². The molecule has 1 heterocycles. The molecule has 0 saturated carbocycles. The second-order valence-corrected chi connectivity index (χ2v) is 8.11. The lowest BCUT2D eigenvalue weighted by Gasteiger charge is -2.24. The Balaban J connectivity index is 1.95. The van der Waals surface area contributed by atoms with Gasteiger partial charge in [0.2, 0.25) is 11.7 Å². The molecule has 2 aromatic carbocycles. The number of nitro benzene ring substituents is 1. The van der Waals surface area contributed by atoms with Crippen molar-refractivity contribution in [3.8, 4) is 11.4 Å². The molecular formula is C18H18N4O5S. The van der Waals surface area contributed by atoms with Crippen LogP contribution in [0.5, 0.6) is 0 Å². The predicted octanol–water partition coefficient (Wildman–Crippen LogP) is 3.24. The molecule has 0 saturated heterocycles. The fourth-order valence-corrected chi connectivity index (χ4v) is 4.40. The Morgan fingerprint density at radius 3 is 2.39 bits per heavy atom. The second-order valence-electron chi connectivity index (χ2n) is 6.25. The van der Waals surface area contributed by atoms with E-state index in [0.717, 1.165) is 15.9 Å². The first-order valence-electron chi connectivity index (χ1n) is 8.44. The van der Waals surface area contributed by atoms with Crippen LogP contribution in [0.3, 0.4) is 0 Å². The van der Waals surface area contributed by atoms with E-state index in [2.05, 4.69) is 10.1 Å². The van der Waals surface area contributed by atoms with Gasteiger partial charge in [0.05, 0.1) is 11.5 Å². The first kappa shape index (κ1) is 19.6. The van der Waals surface area contributed by atoms with Crippen LogP contribution >= 0.6 is 0 Å². The van der Waals surface area contributed by atoms with E-state index >= 15 is 0 Å². The summed E-state index contributed by atoms with van der Waals surface area (Å²) in [6.45, 7) is 3.13. The molecule has 3 aromatic rings. The van der Waals surface area contributed by atoms with E-state index in [1.165, 1.54) is 18.2 Å². The summed E-state index contributed by atoms with van der Waals surface area (Å²) in [5.74, 6) is 0.428. The Bertz CT molecular complexity index is 1080. The third-order valence-corrected chi connectivity index (χ3v) is 6.08. The summed E-state index contributed by atoms with van der Waals surface area (Å²) in [4.78, 5) is 14.4. The lowest BCUT2D eigenvalue weighted by atomic mass is 10.2. The van der Waals surface area contributed by atoms with Crippen molar-refractivity contribution in [2.75, 3.05) is 0 Å². The molecule has 10 heteroatoms. The van der Waals surface area contributed by atoms with Crippen LogP contribution < -0.4 is 0 Å². The first-order valence-corrected chi connectivity index (χ1v) is 9.88. The van der Waals surface area contributed by atoms with E-state index in [9.17, 15) is 18.5 Å². The first-order chi connectivity index (χ1) is 13.3. The van der Waals surface area contributed by atoms with Gasteiger partial charge in [-0.25, -0.2) is 8.42 Å². The van der Waals surface area contributed by atoms with Gasteiger partial charge in [-0.2, -0.15) is 9.29 Å². The molecule has 0 aliphatic carbocycles. The smallest absolute Gasteiger partial charge is 0.289 e. The van der Waals surface area contributed by atoms with E-state index in [-0.39, 0.29) is 17.3 Å². The normalized spacial score (nSPS) is 11.9. The van der Waals surface area contributed by atoms with Crippen molar-refractivity contribution >= 4 is 15.7 Å². The Hall–Kier alpha value is -3.11. The zero-order chi connectivity index (χ0) is 20.3. The molecular weight excluding hydrogens is 384 g/mol. The Morgan fingerprint density at radius 2 is 1.75 bits per heavy atom. The zero-order valence-corrected chi connectivity index (χ0v) is 16.0. The Labute approximate surface area is 161 Å². The molecule has 0 amide bonds. The highest BCUT2D eigenvalue weighted by molar-refractivity contribution is 7.89. The lowest BCUT2D eigenvalue weighted by molar-refractivity contribution is -0.387. The van der Waals surface area contributed by atoms with Crippen LogP contribution in [-0.4, -0.2) is 33.8 Å². The molecule has 0 radical (unpaired) electrons. The van der Waals surface area contributed by atoms with Gasteiger partial charge >= 0.3 is 0 Å². The van der Waals surface area contributed by atoms with Gasteiger partial charge in [0.15, 0.2) is 4.90 Å². The highest BCUT2D eigenvalue weighted by Crippen LogP contribution is 2.28. The summed E-state index contributed by atoms with van der Waals surface area (Å²) in [5, 5.41) is 15.1. The van der Waals surface area contributed by atoms with Gasteiger partial charge < -0.3 is 4.52 Å². The Morgan fingerprint density at radius 1 is 1.11 bits per heavy atom. The van der Waals surface area contributed by atoms with E-state index in [4.69, 9.17) is 4.52 Å². The van der Waals surface area contributed by atoms with Gasteiger partial charge in [0.25, 0.3) is 15.7 Å². The van der Waals surface area contributed by atoms with Gasteiger partial charge in [0, 0.05) is 17.7 Å². The van der Waals surface area contributed by atoms with E-state index in [1.807, 2.05) is 18.2 Å². The quantitative estimate of drug-likeness (QED) is 0.439. The summed E-state index contributed by atoms with van der Waals surface area (Å²) in [6, 6.07) is 13.9. The summed E-state index contributed by atoms with van der Waals surface area (Å²) in [5.41, 5.74) is 0.249. The molecule has 0 atom stereocenters. The highest BCUT2D eigenvalue weighted by Gasteiger charge is 2.34. The van der Waals surface area contributed by atoms with Crippen molar-refractivity contribution in [2.24, 2.45) is 0 Å². The zero-order valence-electron chi connectivity index (χ0n) is 15.2. The van der Waals surface area contributed by atoms with Crippen LogP contribution in [0, 0.1) is 10.1 Å². The number of nitro groups is 1. The number of rotatable bonds is 7. The second kappa shape index (κ2) is 7.87. The molecule has 0 aliphatic rings. The standard InChI is InChI=1S/C18H18N4O5S/c1-13(2)21(28(25,26)16-11-7-6-10-15(16)22(23)24)12-17-19-18(20-27-17)14-8-4-3-5-9-14/h3-11,13H,12H2,1-2H3. The van der Waals surface area contributed by atoms with Crippen molar-refractivity contribution in [1.82, 2.24) is 14.4 Å². The maximum Gasteiger partial charge on any atom is 0.289 e. The molecule has 28 heavy (non-hydrogen) atoms. The molecule has 146 valence electrons. The minimum Gasteiger partial charge on any atom is -0.338 e. The monoisotopic (exact) mass is 402 g/mol. The number of benzene rings is 2. The summed E-state index contributed by atoms with van der Waals surface area (Å²) < 4.78 is 32.5. The van der Waals surface area contributed by atoms with Crippen LogP contribution in [0.2, 0.25) is 0 Å². The molecule has 3 rings (SSSR count). The van der Waals surface area contributed by atoms with Crippen molar-refractivity contribution in [3.63, 3.8) is 0 Å². The molecule has 0 bridgehead atoms. The van der Waals surface area contributed by atoms with E-state index < -0.39 is 26.7 Å². The van der Waals surface area contributed by atoms with Gasteiger partial charge in [-0.1, -0.05) is 47.6 Å². The Kier molecular flexibility index (Phi) is 5.52. The molecule has 0 unspecified atom stereocenters. The van der Waals surface area contributed by atoms with Gasteiger partial charge in [0.1, 0.15) is 0 Å². The number of hydrogen-bond donors (Lipinski definition) is 0. The lowest BCUT2D eigenvalue weighted by Crippen LogP contribution is -2.36. The minimum atomic E-state index is -4.17. The van der Waals surface area contributed by atoms with Gasteiger partial charge in [-0.3, -0.25) is 10.1 Å². The minimum absolute atomic E-state index is 0.0923. The number of sulfonamides is 1. The maximum absolute atomic E-state index is 13.1. The molecule has 1 aromatic heterocycles. The highest BCUT2D eigenvalue weighted by atomic mass is 32.2. The average molecular weight is 402 g/mol. The van der Waals surface area contributed by atoms with Crippen molar-refractivity contribution in [1.29, 1.82) is 0 Å². The molecule has 0 N–H and O–H groups in total. The van der Waals surface area contributed by atoms with Gasteiger partial charge in [-0.05, 0) is 19.9 Å². The van der Waals surface area contributed by atoms with Gasteiger partial charge in [-0.15, -0.1) is 0 Å². The maximum atomic E-state index is 13.1. The fourth-order valence-electron chi connectivity index (χ4n) is 2.65. The molecule has 0 fully saturated rings. The van der Waals surface area contributed by atoms with Crippen molar-refractivity contribution in [3.05, 3.63) is 70.6 Å². The van der Waals surface area contributed by atoms with Crippen molar-refractivity contribution in [2.45, 2.75) is 31.3 Å². The third-order valence-electron chi connectivity index (χ3n) is 4.02. The molecule has 0 spiro atoms. The van der Waals surface area contributed by atoms with E-state index in [1.54, 1.807) is 26.0 Å². The average Bonchev–Trinajstić information content (AvgIpc) is 3.15. The summed E-state index contributed by atoms with van der Waals surface area (Å²) in [7, 11) is -4.17. The molecule has 0 aliphatic heterocycles. The van der Waals surface area contributed by atoms with Crippen LogP contribution in [0.15, 0.2) is 64.0 Å². The molecule has 9 nitrogen and oxygen atoms in total. The predicted molar refractivity (Wildman–Crippen MR) is 101 cm³/mol. The number of aromatic nitrogens is 2. The number of nitrogens with zero attached hydrogens (tertiary/aromatic N) is 4. The summed E-state index contributed by atoms with van der Waals surface area (Å²) >= 11 is 0. The third kappa shape index (κ3) is 3.92. The summed E-state index contributed by atoms with van der Waals surface area (Å²) in [6.07, 6.45) is 0. The topological polar surface area (TPSA) is 119 Å². The van der Waals surface area contributed by atoms with E-state index in [0.29, 0.717) is 5.82 Å². The van der Waals surface area contributed by atoms with Crippen LogP contribution in [0.25, 0.3) is 11.4 Å². The fraction of sp³-hybridized carbons (Fsp3) is 0.222. The number of hydrogen-bond acceptors (Lipinski definition) is 7. The SMILES string of the molecule is CC(C)N(Cc1nc(-c2ccccc2)no1)S(=O)(=O)c1ccccc1[N+](=O)[O-]. The van der Waals surface area contributed by atoms with Crippen LogP contribution in [-0.2, 0) is 16.6 Å². The number of para-hydroxylation sites is 1. The largest absolute Gasteiger partial charge is 0.338 e. The van der Waals surface area contributed by atoms with Crippen LogP contribution in [0.4, 0.5) is 5.69 Å². The van der Waals surface area contributed by atoms with Crippen molar-refractivity contribution < 1.29 is 17.9 Å².